The Bertz CT molecular complexity index is 145. The van der Waals surface area contributed by atoms with E-state index < -0.39 is 0 Å². The molecule has 1 aliphatic rings. The summed E-state index contributed by atoms with van der Waals surface area (Å²) < 4.78 is 5.02. The summed E-state index contributed by atoms with van der Waals surface area (Å²) in [5, 5.41) is 0. The fourth-order valence-electron chi connectivity index (χ4n) is 1.21. The van der Waals surface area contributed by atoms with Crippen molar-refractivity contribution in [2.75, 3.05) is 6.61 Å². The third-order valence-corrected chi connectivity index (χ3v) is 1.87. The largest absolute Gasteiger partial charge is 0.463 e. The number of nitrogens with zero attached hydrogens (tertiary/aromatic N) is 1. The summed E-state index contributed by atoms with van der Waals surface area (Å²) in [6.45, 7) is 2.89. The topological polar surface area (TPSA) is 47.6 Å². The lowest BCUT2D eigenvalue weighted by Crippen LogP contribution is -2.10. The van der Waals surface area contributed by atoms with Gasteiger partial charge >= 0.3 is 0 Å². The maximum Gasteiger partial charge on any atom is 0.282 e. The summed E-state index contributed by atoms with van der Waals surface area (Å²) in [7, 11) is 0. The highest BCUT2D eigenvalue weighted by Gasteiger charge is 2.15. The van der Waals surface area contributed by atoms with Crippen molar-refractivity contribution >= 4 is 6.02 Å². The molecule has 0 fully saturated rings. The first kappa shape index (κ1) is 8.37. The average Bonchev–Trinajstić information content (AvgIpc) is 2.37. The Morgan fingerprint density at radius 1 is 1.64 bits per heavy atom. The summed E-state index contributed by atoms with van der Waals surface area (Å²) in [6.07, 6.45) is 4.90. The first-order valence-corrected chi connectivity index (χ1v) is 4.29. The molecule has 1 heterocycles. The van der Waals surface area contributed by atoms with Crippen molar-refractivity contribution in [1.82, 2.24) is 0 Å². The zero-order valence-corrected chi connectivity index (χ0v) is 7.05. The van der Waals surface area contributed by atoms with E-state index in [0.717, 1.165) is 6.42 Å². The van der Waals surface area contributed by atoms with E-state index in [4.69, 9.17) is 10.5 Å². The van der Waals surface area contributed by atoms with E-state index in [9.17, 15) is 0 Å². The predicted molar refractivity (Wildman–Crippen MR) is 45.5 cm³/mol. The van der Waals surface area contributed by atoms with Crippen LogP contribution in [0.25, 0.3) is 0 Å². The van der Waals surface area contributed by atoms with Crippen LogP contribution >= 0.6 is 0 Å². The van der Waals surface area contributed by atoms with Crippen molar-refractivity contribution in [3.8, 4) is 0 Å². The van der Waals surface area contributed by atoms with Gasteiger partial charge in [0.05, 0.1) is 6.04 Å². The van der Waals surface area contributed by atoms with Crippen LogP contribution in [-0.2, 0) is 4.74 Å². The maximum atomic E-state index is 5.36. The van der Waals surface area contributed by atoms with Gasteiger partial charge in [-0.3, -0.25) is 0 Å². The Kier molecular flexibility index (Phi) is 3.20. The van der Waals surface area contributed by atoms with Gasteiger partial charge < -0.3 is 10.5 Å². The molecule has 1 atom stereocenters. The molecule has 0 saturated carbocycles. The number of nitrogens with two attached hydrogens (primary N) is 1. The molecule has 1 unspecified atom stereocenters. The molecule has 0 aromatic rings. The quantitative estimate of drug-likeness (QED) is 0.623. The van der Waals surface area contributed by atoms with E-state index >= 15 is 0 Å². The smallest absolute Gasteiger partial charge is 0.282 e. The van der Waals surface area contributed by atoms with Gasteiger partial charge in [0.25, 0.3) is 6.02 Å². The number of rotatable bonds is 4. The fourth-order valence-corrected chi connectivity index (χ4v) is 1.21. The van der Waals surface area contributed by atoms with Crippen molar-refractivity contribution in [2.24, 2.45) is 10.7 Å². The molecular weight excluding hydrogens is 140 g/mol. The van der Waals surface area contributed by atoms with Crippen LogP contribution in [-0.4, -0.2) is 18.7 Å². The Hall–Kier alpha value is -0.730. The monoisotopic (exact) mass is 156 g/mol. The van der Waals surface area contributed by atoms with Gasteiger partial charge in [-0.2, -0.15) is 0 Å². The lowest BCUT2D eigenvalue weighted by molar-refractivity contribution is 0.305. The van der Waals surface area contributed by atoms with Crippen LogP contribution in [0, 0.1) is 0 Å². The van der Waals surface area contributed by atoms with Crippen LogP contribution in [0.2, 0.25) is 0 Å². The van der Waals surface area contributed by atoms with E-state index in [1.807, 2.05) is 0 Å². The molecule has 0 radical (unpaired) electrons. The first-order valence-electron chi connectivity index (χ1n) is 4.29. The van der Waals surface area contributed by atoms with Crippen molar-refractivity contribution in [3.05, 3.63) is 0 Å². The third-order valence-electron chi connectivity index (χ3n) is 1.87. The Morgan fingerprint density at radius 3 is 3.00 bits per heavy atom. The van der Waals surface area contributed by atoms with Crippen LogP contribution < -0.4 is 5.73 Å². The van der Waals surface area contributed by atoms with Gasteiger partial charge in [-0.1, -0.05) is 26.2 Å². The molecule has 0 aromatic carbocycles. The van der Waals surface area contributed by atoms with Gasteiger partial charge in [0, 0.05) is 0 Å². The average molecular weight is 156 g/mol. The number of aliphatic imine (C=N–C) groups is 1. The van der Waals surface area contributed by atoms with E-state index in [1.165, 1.54) is 19.3 Å². The first-order chi connectivity index (χ1) is 5.33. The van der Waals surface area contributed by atoms with Crippen molar-refractivity contribution < 1.29 is 4.74 Å². The van der Waals surface area contributed by atoms with Crippen molar-refractivity contribution in [3.63, 3.8) is 0 Å². The maximum absolute atomic E-state index is 5.36. The summed E-state index contributed by atoms with van der Waals surface area (Å²) in [6, 6.07) is 0.702. The van der Waals surface area contributed by atoms with Gasteiger partial charge in [-0.25, -0.2) is 4.99 Å². The van der Waals surface area contributed by atoms with Crippen LogP contribution in [0.1, 0.15) is 32.6 Å². The molecule has 1 rings (SSSR count). The second-order valence-electron chi connectivity index (χ2n) is 2.93. The number of unbranched alkanes of at least 4 members (excludes halogenated alkanes) is 2. The minimum absolute atomic E-state index is 0.335. The molecule has 3 nitrogen and oxygen atoms in total. The minimum atomic E-state index is 0.335. The number of ether oxygens (including phenoxy) is 1. The molecule has 3 heteroatoms. The molecule has 0 spiro atoms. The molecule has 0 aromatic heterocycles. The summed E-state index contributed by atoms with van der Waals surface area (Å²) in [5.41, 5.74) is 5.36. The fraction of sp³-hybridized carbons (Fsp3) is 0.875. The van der Waals surface area contributed by atoms with Crippen molar-refractivity contribution in [1.29, 1.82) is 0 Å². The number of amidine groups is 1. The molecule has 0 bridgehead atoms. The highest BCUT2D eigenvalue weighted by atomic mass is 16.5. The molecule has 11 heavy (non-hydrogen) atoms. The number of hydrogen-bond donors (Lipinski definition) is 1. The lowest BCUT2D eigenvalue weighted by atomic mass is 10.1. The standard InChI is InChI=1S/C8H16N2O/c1-2-3-4-5-7-6-11-8(9)10-7/h7H,2-6H2,1H3,(H2,9,10). The van der Waals surface area contributed by atoms with Gasteiger partial charge in [0.1, 0.15) is 6.61 Å². The normalized spacial score (nSPS) is 23.0. The molecule has 2 N–H and O–H groups in total. The molecule has 0 aliphatic carbocycles. The SMILES string of the molecule is CCCCCC1COC(N)=N1. The zero-order chi connectivity index (χ0) is 8.10. The molecule has 1 aliphatic heterocycles. The lowest BCUT2D eigenvalue weighted by Gasteiger charge is -2.02. The van der Waals surface area contributed by atoms with Gasteiger partial charge in [0.15, 0.2) is 0 Å². The Balaban J connectivity index is 2.08. The van der Waals surface area contributed by atoms with E-state index in [1.54, 1.807) is 0 Å². The molecular formula is C8H16N2O. The summed E-state index contributed by atoms with van der Waals surface area (Å²) in [5.74, 6) is 0. The summed E-state index contributed by atoms with van der Waals surface area (Å²) >= 11 is 0. The van der Waals surface area contributed by atoms with Gasteiger partial charge in [-0.05, 0) is 6.42 Å². The second-order valence-corrected chi connectivity index (χ2v) is 2.93. The van der Waals surface area contributed by atoms with E-state index in [0.29, 0.717) is 18.7 Å². The number of hydrogen-bond acceptors (Lipinski definition) is 3. The van der Waals surface area contributed by atoms with Crippen LogP contribution in [0.3, 0.4) is 0 Å². The van der Waals surface area contributed by atoms with Gasteiger partial charge in [0.2, 0.25) is 0 Å². The molecule has 0 amide bonds. The third kappa shape index (κ3) is 2.78. The van der Waals surface area contributed by atoms with Crippen LogP contribution in [0.4, 0.5) is 0 Å². The van der Waals surface area contributed by atoms with E-state index in [2.05, 4.69) is 11.9 Å². The van der Waals surface area contributed by atoms with Crippen LogP contribution in [0.5, 0.6) is 0 Å². The zero-order valence-electron chi connectivity index (χ0n) is 7.05. The van der Waals surface area contributed by atoms with Crippen molar-refractivity contribution in [2.45, 2.75) is 38.6 Å². The summed E-state index contributed by atoms with van der Waals surface area (Å²) in [4.78, 5) is 4.13. The molecule has 0 saturated heterocycles. The van der Waals surface area contributed by atoms with Crippen LogP contribution in [0.15, 0.2) is 4.99 Å². The molecule has 64 valence electrons. The Morgan fingerprint density at radius 2 is 2.45 bits per heavy atom. The predicted octanol–water partition coefficient (Wildman–Crippen LogP) is 1.28. The highest BCUT2D eigenvalue weighted by Crippen LogP contribution is 2.10. The highest BCUT2D eigenvalue weighted by molar-refractivity contribution is 5.72. The Labute approximate surface area is 67.6 Å². The minimum Gasteiger partial charge on any atom is -0.463 e. The van der Waals surface area contributed by atoms with E-state index in [-0.39, 0.29) is 0 Å². The van der Waals surface area contributed by atoms with Gasteiger partial charge in [-0.15, -0.1) is 0 Å². The second kappa shape index (κ2) is 4.21.